The highest BCUT2D eigenvalue weighted by atomic mass is 16.6. The first-order valence-electron chi connectivity index (χ1n) is 8.23. The molecule has 1 fully saturated rings. The van der Waals surface area contributed by atoms with Gasteiger partial charge < -0.3 is 9.53 Å². The second-order valence-corrected chi connectivity index (χ2v) is 7.40. The van der Waals surface area contributed by atoms with Crippen molar-refractivity contribution in [2.45, 2.75) is 90.8 Å². The maximum atomic E-state index is 12.6. The molecule has 4 nitrogen and oxygen atoms in total. The van der Waals surface area contributed by atoms with E-state index in [2.05, 4.69) is 0 Å². The Morgan fingerprint density at radius 3 is 2.05 bits per heavy atom. The van der Waals surface area contributed by atoms with Gasteiger partial charge in [0.25, 0.3) is 0 Å². The molecule has 0 radical (unpaired) electrons. The van der Waals surface area contributed by atoms with Crippen LogP contribution in [0, 0.1) is 5.92 Å². The molecule has 4 heteroatoms. The number of aldehydes is 1. The van der Waals surface area contributed by atoms with Gasteiger partial charge in [-0.15, -0.1) is 0 Å². The Morgan fingerprint density at radius 1 is 1.14 bits per heavy atom. The van der Waals surface area contributed by atoms with Crippen LogP contribution in [-0.2, 0) is 9.53 Å². The number of ether oxygens (including phenoxy) is 1. The first kappa shape index (κ1) is 18.0. The van der Waals surface area contributed by atoms with Crippen LogP contribution in [0.5, 0.6) is 0 Å². The Balaban J connectivity index is 2.97. The summed E-state index contributed by atoms with van der Waals surface area (Å²) in [6.07, 6.45) is 7.16. The van der Waals surface area contributed by atoms with Gasteiger partial charge in [-0.2, -0.15) is 0 Å². The molecule has 1 aliphatic carbocycles. The highest BCUT2D eigenvalue weighted by Crippen LogP contribution is 2.27. The van der Waals surface area contributed by atoms with E-state index in [4.69, 9.17) is 4.74 Å². The molecule has 0 aromatic carbocycles. The lowest BCUT2D eigenvalue weighted by atomic mass is 9.99. The Morgan fingerprint density at radius 2 is 1.67 bits per heavy atom. The van der Waals surface area contributed by atoms with Gasteiger partial charge in [-0.25, -0.2) is 4.79 Å². The summed E-state index contributed by atoms with van der Waals surface area (Å²) in [5, 5.41) is 0. The zero-order valence-corrected chi connectivity index (χ0v) is 14.2. The predicted molar refractivity (Wildman–Crippen MR) is 84.3 cm³/mol. The third-order valence-corrected chi connectivity index (χ3v) is 3.97. The summed E-state index contributed by atoms with van der Waals surface area (Å²) in [6, 6.07) is -0.275. The second kappa shape index (κ2) is 7.81. The van der Waals surface area contributed by atoms with Crippen LogP contribution < -0.4 is 0 Å². The number of nitrogens with zero attached hydrogens (tertiary/aromatic N) is 1. The fourth-order valence-electron chi connectivity index (χ4n) is 2.91. The largest absolute Gasteiger partial charge is 0.444 e. The van der Waals surface area contributed by atoms with Gasteiger partial charge in [0, 0.05) is 6.04 Å². The highest BCUT2D eigenvalue weighted by molar-refractivity contribution is 5.74. The molecule has 0 aliphatic heterocycles. The average Bonchev–Trinajstić information content (AvgIpc) is 2.61. The minimum Gasteiger partial charge on any atom is -0.444 e. The monoisotopic (exact) mass is 297 g/mol. The Hall–Kier alpha value is -1.06. The van der Waals surface area contributed by atoms with Crippen LogP contribution in [0.2, 0.25) is 0 Å². The summed E-state index contributed by atoms with van der Waals surface area (Å²) in [4.78, 5) is 25.9. The van der Waals surface area contributed by atoms with Gasteiger partial charge in [0.15, 0.2) is 0 Å². The molecular formula is C17H31NO3. The van der Waals surface area contributed by atoms with Crippen LogP contribution in [0.15, 0.2) is 0 Å². The molecule has 0 spiro atoms. The van der Waals surface area contributed by atoms with Crippen LogP contribution >= 0.6 is 0 Å². The van der Waals surface area contributed by atoms with Gasteiger partial charge in [0.1, 0.15) is 11.9 Å². The quantitative estimate of drug-likeness (QED) is 0.578. The van der Waals surface area contributed by atoms with Crippen molar-refractivity contribution in [3.63, 3.8) is 0 Å². The summed E-state index contributed by atoms with van der Waals surface area (Å²) >= 11 is 0. The molecule has 122 valence electrons. The van der Waals surface area contributed by atoms with Crippen molar-refractivity contribution < 1.29 is 14.3 Å². The van der Waals surface area contributed by atoms with E-state index >= 15 is 0 Å². The zero-order chi connectivity index (χ0) is 16.0. The van der Waals surface area contributed by atoms with E-state index in [-0.39, 0.29) is 18.1 Å². The standard InChI is InChI=1S/C17H31NO3/c1-13(2)15(12-19)18(16(20)21-17(3,4)5)14-10-8-6-7-9-11-14/h12-15H,6-11H2,1-5H3. The Bertz CT molecular complexity index is 338. The van der Waals surface area contributed by atoms with Crippen LogP contribution in [0.1, 0.15) is 73.1 Å². The summed E-state index contributed by atoms with van der Waals surface area (Å²) in [5.41, 5.74) is -0.537. The molecule has 0 heterocycles. The lowest BCUT2D eigenvalue weighted by Gasteiger charge is -2.38. The van der Waals surface area contributed by atoms with Gasteiger partial charge in [0.2, 0.25) is 0 Å². The summed E-state index contributed by atoms with van der Waals surface area (Å²) in [5.74, 6) is 0.0956. The van der Waals surface area contributed by atoms with Crippen molar-refractivity contribution in [3.8, 4) is 0 Å². The highest BCUT2D eigenvalue weighted by Gasteiger charge is 2.35. The van der Waals surface area contributed by atoms with Crippen molar-refractivity contribution in [2.24, 2.45) is 5.92 Å². The Kier molecular flexibility index (Phi) is 6.69. The number of amides is 1. The van der Waals surface area contributed by atoms with Crippen molar-refractivity contribution in [2.75, 3.05) is 0 Å². The summed E-state index contributed by atoms with van der Waals surface area (Å²) in [7, 11) is 0. The third-order valence-electron chi connectivity index (χ3n) is 3.97. The van der Waals surface area contributed by atoms with E-state index in [0.717, 1.165) is 32.0 Å². The minimum atomic E-state index is -0.537. The van der Waals surface area contributed by atoms with Crippen LogP contribution in [-0.4, -0.2) is 35.0 Å². The van der Waals surface area contributed by atoms with Crippen LogP contribution in [0.4, 0.5) is 4.79 Å². The molecule has 1 unspecified atom stereocenters. The molecule has 1 amide bonds. The van der Waals surface area contributed by atoms with Gasteiger partial charge in [-0.05, 0) is 39.5 Å². The average molecular weight is 297 g/mol. The molecule has 0 aromatic rings. The second-order valence-electron chi connectivity index (χ2n) is 7.40. The molecule has 21 heavy (non-hydrogen) atoms. The number of carbonyl (C=O) groups excluding carboxylic acids is 2. The van der Waals surface area contributed by atoms with Crippen LogP contribution in [0.3, 0.4) is 0 Å². The number of hydrogen-bond acceptors (Lipinski definition) is 3. The van der Waals surface area contributed by atoms with Gasteiger partial charge in [0.05, 0.1) is 6.04 Å². The van der Waals surface area contributed by atoms with Crippen molar-refractivity contribution in [1.82, 2.24) is 4.90 Å². The topological polar surface area (TPSA) is 46.6 Å². The zero-order valence-electron chi connectivity index (χ0n) is 14.2. The minimum absolute atomic E-state index is 0.0956. The van der Waals surface area contributed by atoms with E-state index in [1.54, 1.807) is 4.90 Å². The normalized spacial score (nSPS) is 19.0. The van der Waals surface area contributed by atoms with Crippen molar-refractivity contribution in [3.05, 3.63) is 0 Å². The van der Waals surface area contributed by atoms with Gasteiger partial charge >= 0.3 is 6.09 Å². The fraction of sp³-hybridized carbons (Fsp3) is 0.882. The molecule has 1 rings (SSSR count). The van der Waals surface area contributed by atoms with E-state index in [1.807, 2.05) is 34.6 Å². The summed E-state index contributed by atoms with van der Waals surface area (Å²) < 4.78 is 5.55. The SMILES string of the molecule is CC(C)C(C=O)N(C(=O)OC(C)(C)C)C1CCCCCC1. The first-order valence-corrected chi connectivity index (χ1v) is 8.23. The molecule has 1 aliphatic rings. The van der Waals surface area contributed by atoms with Crippen molar-refractivity contribution >= 4 is 12.4 Å². The molecule has 1 atom stereocenters. The Labute approximate surface area is 129 Å². The van der Waals surface area contributed by atoms with E-state index < -0.39 is 11.6 Å². The molecule has 0 bridgehead atoms. The number of carbonyl (C=O) groups is 2. The first-order chi connectivity index (χ1) is 9.76. The summed E-state index contributed by atoms with van der Waals surface area (Å²) in [6.45, 7) is 9.55. The lowest BCUT2D eigenvalue weighted by Crippen LogP contribution is -2.51. The van der Waals surface area contributed by atoms with E-state index in [0.29, 0.717) is 0 Å². The molecule has 0 aromatic heterocycles. The van der Waals surface area contributed by atoms with Gasteiger partial charge in [-0.3, -0.25) is 4.90 Å². The maximum Gasteiger partial charge on any atom is 0.411 e. The molecule has 0 saturated heterocycles. The van der Waals surface area contributed by atoms with E-state index in [1.165, 1.54) is 12.8 Å². The maximum absolute atomic E-state index is 12.6. The van der Waals surface area contributed by atoms with E-state index in [9.17, 15) is 9.59 Å². The van der Waals surface area contributed by atoms with Crippen molar-refractivity contribution in [1.29, 1.82) is 0 Å². The smallest absolute Gasteiger partial charge is 0.411 e. The van der Waals surface area contributed by atoms with Gasteiger partial charge in [-0.1, -0.05) is 39.5 Å². The molecule has 0 N–H and O–H groups in total. The fourth-order valence-corrected chi connectivity index (χ4v) is 2.91. The lowest BCUT2D eigenvalue weighted by molar-refractivity contribution is -0.115. The number of hydrogen-bond donors (Lipinski definition) is 0. The molecule has 1 saturated carbocycles. The predicted octanol–water partition coefficient (Wildman–Crippen LogP) is 4.17. The molecular weight excluding hydrogens is 266 g/mol. The van der Waals surface area contributed by atoms with Crippen LogP contribution in [0.25, 0.3) is 0 Å². The third kappa shape index (κ3) is 5.68. The number of rotatable bonds is 4.